The van der Waals surface area contributed by atoms with Gasteiger partial charge < -0.3 is 0 Å². The number of hydrogen-bond acceptors (Lipinski definition) is 1. The van der Waals surface area contributed by atoms with Crippen LogP contribution in [0.1, 0.15) is 13.8 Å². The van der Waals surface area contributed by atoms with E-state index in [1.807, 2.05) is 0 Å². The first-order valence-corrected chi connectivity index (χ1v) is 2.83. The molecule has 0 saturated carbocycles. The zero-order chi connectivity index (χ0) is 4.99. The van der Waals surface area contributed by atoms with Crippen LogP contribution in [-0.4, -0.2) is 22.6 Å². The van der Waals surface area contributed by atoms with Crippen LogP contribution in [-0.2, 0) is 0 Å². The predicted octanol–water partition coefficient (Wildman–Crippen LogP) is 0.727. The van der Waals surface area contributed by atoms with Gasteiger partial charge in [-0.3, -0.25) is 0 Å². The summed E-state index contributed by atoms with van der Waals surface area (Å²) in [4.78, 5) is 0. The van der Waals surface area contributed by atoms with Crippen molar-refractivity contribution in [3.8, 4) is 0 Å². The Morgan fingerprint density at radius 3 is 2.17 bits per heavy atom. The van der Waals surface area contributed by atoms with Crippen LogP contribution in [0.5, 0.6) is 0 Å². The van der Waals surface area contributed by atoms with E-state index in [2.05, 4.69) is 17.8 Å². The van der Waals surface area contributed by atoms with Gasteiger partial charge in [-0.25, -0.2) is 0 Å². The van der Waals surface area contributed by atoms with Gasteiger partial charge in [0, 0.05) is 0 Å². The summed E-state index contributed by atoms with van der Waals surface area (Å²) < 4.78 is 3.96. The van der Waals surface area contributed by atoms with Crippen molar-refractivity contribution in [1.82, 2.24) is 0 Å². The SMILES string of the molecule is CC(C)C[N]=[AlH]. The summed E-state index contributed by atoms with van der Waals surface area (Å²) in [6, 6.07) is 0. The Morgan fingerprint density at radius 1 is 1.67 bits per heavy atom. The molecule has 0 aliphatic heterocycles. The fourth-order valence-electron chi connectivity index (χ4n) is 0.258. The van der Waals surface area contributed by atoms with Gasteiger partial charge in [0.05, 0.1) is 0 Å². The zero-order valence-corrected chi connectivity index (χ0v) is 5.85. The molecule has 0 aliphatic carbocycles. The van der Waals surface area contributed by atoms with Gasteiger partial charge in [-0.05, 0) is 0 Å². The molecule has 34 valence electrons. The molecule has 0 N–H and O–H groups in total. The van der Waals surface area contributed by atoms with Crippen LogP contribution in [0.25, 0.3) is 0 Å². The Morgan fingerprint density at radius 2 is 2.17 bits per heavy atom. The quantitative estimate of drug-likeness (QED) is 0.452. The molecule has 0 aromatic carbocycles. The van der Waals surface area contributed by atoms with Gasteiger partial charge in [-0.15, -0.1) is 0 Å². The first-order chi connectivity index (χ1) is 2.77. The molecule has 0 aliphatic rings. The van der Waals surface area contributed by atoms with Gasteiger partial charge in [0.15, 0.2) is 0 Å². The molecule has 0 heterocycles. The average molecular weight is 99.1 g/mol. The molecular weight excluding hydrogens is 89.0 g/mol. The number of nitrogens with zero attached hydrogens (tertiary/aromatic N) is 1. The Hall–Kier alpha value is 0.332. The summed E-state index contributed by atoms with van der Waals surface area (Å²) in [5.74, 6) is 0.738. The molecular formula is C4H10AlN. The van der Waals surface area contributed by atoms with Crippen LogP contribution in [0, 0.1) is 5.92 Å². The molecule has 0 aromatic heterocycles. The fourth-order valence-corrected chi connectivity index (χ4v) is 0.775. The second-order valence-electron chi connectivity index (χ2n) is 1.80. The van der Waals surface area contributed by atoms with Crippen molar-refractivity contribution in [2.45, 2.75) is 13.8 Å². The molecule has 0 saturated heterocycles. The van der Waals surface area contributed by atoms with Gasteiger partial charge in [0.2, 0.25) is 0 Å². The molecule has 0 amide bonds. The van der Waals surface area contributed by atoms with Gasteiger partial charge in [-0.1, -0.05) is 0 Å². The maximum atomic E-state index is 3.96. The van der Waals surface area contributed by atoms with Gasteiger partial charge >= 0.3 is 46.3 Å². The number of rotatable bonds is 2. The summed E-state index contributed by atoms with van der Waals surface area (Å²) in [6.07, 6.45) is 0. The van der Waals surface area contributed by atoms with Crippen LogP contribution >= 0.6 is 0 Å². The molecule has 0 rings (SSSR count). The third-order valence-electron chi connectivity index (χ3n) is 0.494. The Bertz CT molecular complexity index is 42.8. The molecule has 0 fully saturated rings. The van der Waals surface area contributed by atoms with Crippen molar-refractivity contribution in [3.63, 3.8) is 0 Å². The van der Waals surface area contributed by atoms with E-state index in [4.69, 9.17) is 0 Å². The number of hydrogen-bond donors (Lipinski definition) is 0. The molecule has 0 aromatic rings. The van der Waals surface area contributed by atoms with E-state index < -0.39 is 0 Å². The van der Waals surface area contributed by atoms with Gasteiger partial charge in [0.25, 0.3) is 0 Å². The second kappa shape index (κ2) is 3.52. The summed E-state index contributed by atoms with van der Waals surface area (Å²) in [5, 5.41) is 0. The minimum atomic E-state index is 0.738. The first kappa shape index (κ1) is 6.33. The first-order valence-electron chi connectivity index (χ1n) is 2.20. The average Bonchev–Trinajstić information content (AvgIpc) is 1.35. The van der Waals surface area contributed by atoms with E-state index in [0.29, 0.717) is 0 Å². The molecule has 0 atom stereocenters. The molecule has 2 heteroatoms. The molecule has 1 nitrogen and oxygen atoms in total. The predicted molar refractivity (Wildman–Crippen MR) is 29.3 cm³/mol. The van der Waals surface area contributed by atoms with Gasteiger partial charge in [0.1, 0.15) is 0 Å². The normalized spacial score (nSPS) is 9.00. The van der Waals surface area contributed by atoms with Crippen molar-refractivity contribution in [2.24, 2.45) is 9.85 Å². The topological polar surface area (TPSA) is 12.4 Å². The van der Waals surface area contributed by atoms with Crippen molar-refractivity contribution >= 4 is 16.1 Å². The van der Waals surface area contributed by atoms with E-state index in [1.165, 1.54) is 0 Å². The fraction of sp³-hybridized carbons (Fsp3) is 1.00. The van der Waals surface area contributed by atoms with E-state index in [1.54, 1.807) is 16.1 Å². The minimum absolute atomic E-state index is 0.738. The molecule has 0 spiro atoms. The van der Waals surface area contributed by atoms with Crippen molar-refractivity contribution in [3.05, 3.63) is 0 Å². The van der Waals surface area contributed by atoms with E-state index in [-0.39, 0.29) is 0 Å². The van der Waals surface area contributed by atoms with Gasteiger partial charge in [-0.2, -0.15) is 0 Å². The van der Waals surface area contributed by atoms with Crippen LogP contribution in [0.4, 0.5) is 0 Å². The summed E-state index contributed by atoms with van der Waals surface area (Å²) in [7, 11) is 0. The van der Waals surface area contributed by atoms with Crippen molar-refractivity contribution in [2.75, 3.05) is 6.54 Å². The van der Waals surface area contributed by atoms with Crippen molar-refractivity contribution < 1.29 is 0 Å². The summed E-state index contributed by atoms with van der Waals surface area (Å²) in [5.41, 5.74) is 0. The third-order valence-corrected chi connectivity index (χ3v) is 0.752. The van der Waals surface area contributed by atoms with Crippen LogP contribution in [0.2, 0.25) is 0 Å². The molecule has 0 bridgehead atoms. The molecule has 6 heavy (non-hydrogen) atoms. The Labute approximate surface area is 47.0 Å². The van der Waals surface area contributed by atoms with E-state index in [9.17, 15) is 0 Å². The standard InChI is InChI=1S/C4H9N.Al.H/c1-4(2)3-5;;/h4H,3H2,1-2H3;;. The monoisotopic (exact) mass is 99.1 g/mol. The second-order valence-corrected chi connectivity index (χ2v) is 2.25. The Balaban J connectivity index is 2.81. The van der Waals surface area contributed by atoms with Crippen molar-refractivity contribution in [1.29, 1.82) is 0 Å². The van der Waals surface area contributed by atoms with Crippen LogP contribution < -0.4 is 0 Å². The Kier molecular flexibility index (Phi) is 3.72. The molecule has 0 radical (unpaired) electrons. The molecule has 0 unspecified atom stereocenters. The van der Waals surface area contributed by atoms with E-state index >= 15 is 0 Å². The van der Waals surface area contributed by atoms with Crippen LogP contribution in [0.15, 0.2) is 3.93 Å². The van der Waals surface area contributed by atoms with Crippen LogP contribution in [0.3, 0.4) is 0 Å². The summed E-state index contributed by atoms with van der Waals surface area (Å²) >= 11 is 1.68. The maximum absolute atomic E-state index is 3.96. The summed E-state index contributed by atoms with van der Waals surface area (Å²) in [6.45, 7) is 5.34. The third kappa shape index (κ3) is 4.33. The van der Waals surface area contributed by atoms with E-state index in [0.717, 1.165) is 12.5 Å². The zero-order valence-electron chi connectivity index (χ0n) is 4.44.